The zero-order chi connectivity index (χ0) is 18.6. The van der Waals surface area contributed by atoms with Gasteiger partial charge in [-0.05, 0) is 43.2 Å². The van der Waals surface area contributed by atoms with Crippen LogP contribution in [0.2, 0.25) is 10.0 Å². The maximum Gasteiger partial charge on any atom is 0.338 e. The van der Waals surface area contributed by atoms with Crippen molar-refractivity contribution in [2.24, 2.45) is 0 Å². The summed E-state index contributed by atoms with van der Waals surface area (Å²) in [6, 6.07) is 10.5. The summed E-state index contributed by atoms with van der Waals surface area (Å²) in [5, 5.41) is 0.608. The van der Waals surface area contributed by atoms with E-state index in [1.165, 1.54) is 28.7 Å². The molecule has 4 nitrogen and oxygen atoms in total. The number of carbonyl (C=O) groups is 2. The molecule has 0 aliphatic heterocycles. The van der Waals surface area contributed by atoms with Crippen LogP contribution in [0, 0.1) is 13.8 Å². The molecule has 1 amide bonds. The topological polar surface area (TPSA) is 46.6 Å². The van der Waals surface area contributed by atoms with Gasteiger partial charge in [0, 0.05) is 13.6 Å². The summed E-state index contributed by atoms with van der Waals surface area (Å²) < 4.78 is 5.06. The zero-order valence-electron chi connectivity index (χ0n) is 14.3. The van der Waals surface area contributed by atoms with Crippen molar-refractivity contribution in [2.75, 3.05) is 13.7 Å². The lowest BCUT2D eigenvalue weighted by Crippen LogP contribution is -2.31. The molecule has 0 aliphatic rings. The van der Waals surface area contributed by atoms with Crippen LogP contribution in [-0.4, -0.2) is 30.4 Å². The van der Waals surface area contributed by atoms with Crippen LogP contribution in [0.15, 0.2) is 36.4 Å². The van der Waals surface area contributed by atoms with E-state index in [9.17, 15) is 9.59 Å². The number of halogens is 2. The molecular formula is C19H19Cl2NO3. The molecule has 2 aromatic carbocycles. The van der Waals surface area contributed by atoms with E-state index in [0.717, 1.165) is 11.1 Å². The Morgan fingerprint density at radius 1 is 1.04 bits per heavy atom. The summed E-state index contributed by atoms with van der Waals surface area (Å²) in [7, 11) is 1.68. The Kier molecular flexibility index (Phi) is 6.45. The third kappa shape index (κ3) is 5.21. The lowest BCUT2D eigenvalue weighted by Gasteiger charge is -2.18. The number of benzene rings is 2. The van der Waals surface area contributed by atoms with Crippen LogP contribution in [0.3, 0.4) is 0 Å². The predicted molar refractivity (Wildman–Crippen MR) is 99.1 cm³/mol. The number of ether oxygens (including phenoxy) is 1. The third-order valence-electron chi connectivity index (χ3n) is 3.81. The van der Waals surface area contributed by atoms with Crippen molar-refractivity contribution in [3.05, 3.63) is 68.7 Å². The Balaban J connectivity index is 1.92. The van der Waals surface area contributed by atoms with Gasteiger partial charge in [-0.3, -0.25) is 4.79 Å². The Labute approximate surface area is 157 Å². The maximum atomic E-state index is 12.2. The summed E-state index contributed by atoms with van der Waals surface area (Å²) >= 11 is 11.7. The molecule has 6 heteroatoms. The van der Waals surface area contributed by atoms with Crippen LogP contribution < -0.4 is 0 Å². The fourth-order valence-corrected chi connectivity index (χ4v) is 2.61. The number of esters is 1. The van der Waals surface area contributed by atoms with Crippen molar-refractivity contribution in [3.8, 4) is 0 Å². The van der Waals surface area contributed by atoms with E-state index in [0.29, 0.717) is 11.6 Å². The van der Waals surface area contributed by atoms with E-state index in [2.05, 4.69) is 6.07 Å². The monoisotopic (exact) mass is 379 g/mol. The van der Waals surface area contributed by atoms with Gasteiger partial charge >= 0.3 is 5.97 Å². The molecule has 2 rings (SSSR count). The third-order valence-corrected chi connectivity index (χ3v) is 4.55. The number of amides is 1. The summed E-state index contributed by atoms with van der Waals surface area (Å²) in [5.41, 5.74) is 3.59. The minimum atomic E-state index is -0.619. The van der Waals surface area contributed by atoms with Gasteiger partial charge in [-0.25, -0.2) is 4.79 Å². The molecule has 0 bridgehead atoms. The van der Waals surface area contributed by atoms with Crippen molar-refractivity contribution in [2.45, 2.75) is 20.4 Å². The Morgan fingerprint density at radius 3 is 2.40 bits per heavy atom. The van der Waals surface area contributed by atoms with Crippen LogP contribution in [0.5, 0.6) is 0 Å². The lowest BCUT2D eigenvalue weighted by molar-refractivity contribution is -0.133. The highest BCUT2D eigenvalue weighted by atomic mass is 35.5. The molecule has 0 unspecified atom stereocenters. The average molecular weight is 380 g/mol. The summed E-state index contributed by atoms with van der Waals surface area (Å²) in [6.07, 6.45) is 0. The van der Waals surface area contributed by atoms with Gasteiger partial charge in [0.15, 0.2) is 6.61 Å². The van der Waals surface area contributed by atoms with Gasteiger partial charge in [-0.15, -0.1) is 0 Å². The molecule has 25 heavy (non-hydrogen) atoms. The van der Waals surface area contributed by atoms with Crippen molar-refractivity contribution in [3.63, 3.8) is 0 Å². The highest BCUT2D eigenvalue weighted by molar-refractivity contribution is 6.42. The second-order valence-electron chi connectivity index (χ2n) is 5.88. The lowest BCUT2D eigenvalue weighted by atomic mass is 10.1. The first-order valence-electron chi connectivity index (χ1n) is 7.70. The van der Waals surface area contributed by atoms with Crippen molar-refractivity contribution in [1.29, 1.82) is 0 Å². The van der Waals surface area contributed by atoms with E-state index in [1.54, 1.807) is 7.05 Å². The highest BCUT2D eigenvalue weighted by Crippen LogP contribution is 2.23. The molecule has 2 aromatic rings. The molecule has 132 valence electrons. The number of carbonyl (C=O) groups excluding carboxylic acids is 2. The number of likely N-dealkylation sites (N-methyl/N-ethyl adjacent to an activating group) is 1. The van der Waals surface area contributed by atoms with Crippen LogP contribution in [0.1, 0.15) is 27.0 Å². The molecule has 0 aliphatic carbocycles. The highest BCUT2D eigenvalue weighted by Gasteiger charge is 2.15. The number of hydrogen-bond donors (Lipinski definition) is 0. The Hall–Kier alpha value is -2.04. The van der Waals surface area contributed by atoms with Crippen LogP contribution in [-0.2, 0) is 16.1 Å². The molecule has 0 aromatic heterocycles. The van der Waals surface area contributed by atoms with E-state index < -0.39 is 5.97 Å². The zero-order valence-corrected chi connectivity index (χ0v) is 15.8. The number of hydrogen-bond acceptors (Lipinski definition) is 3. The van der Waals surface area contributed by atoms with Gasteiger partial charge in [0.05, 0.1) is 15.6 Å². The van der Waals surface area contributed by atoms with E-state index in [4.69, 9.17) is 27.9 Å². The van der Waals surface area contributed by atoms with E-state index >= 15 is 0 Å². The second kappa shape index (κ2) is 8.37. The largest absolute Gasteiger partial charge is 0.452 e. The van der Waals surface area contributed by atoms with Crippen LogP contribution in [0.25, 0.3) is 0 Å². The van der Waals surface area contributed by atoms with Crippen molar-refractivity contribution in [1.82, 2.24) is 4.90 Å². The number of nitrogens with zero attached hydrogens (tertiary/aromatic N) is 1. The van der Waals surface area contributed by atoms with Gasteiger partial charge in [0.2, 0.25) is 0 Å². The Morgan fingerprint density at radius 2 is 1.76 bits per heavy atom. The molecule has 0 fully saturated rings. The first-order valence-corrected chi connectivity index (χ1v) is 8.46. The van der Waals surface area contributed by atoms with Gasteiger partial charge < -0.3 is 9.64 Å². The summed E-state index contributed by atoms with van der Waals surface area (Å²) in [4.78, 5) is 25.7. The first-order chi connectivity index (χ1) is 11.8. The van der Waals surface area contributed by atoms with Crippen LogP contribution >= 0.6 is 23.2 Å². The number of aryl methyl sites for hydroxylation is 2. The minimum Gasteiger partial charge on any atom is -0.452 e. The fraction of sp³-hybridized carbons (Fsp3) is 0.263. The molecule has 0 N–H and O–H groups in total. The minimum absolute atomic E-state index is 0.249. The normalized spacial score (nSPS) is 10.4. The number of rotatable bonds is 5. The quantitative estimate of drug-likeness (QED) is 0.722. The molecule has 0 saturated carbocycles. The SMILES string of the molecule is Cc1ccc(CN(C)C(=O)COC(=O)c2ccc(Cl)c(Cl)c2)c(C)c1. The van der Waals surface area contributed by atoms with Crippen molar-refractivity contribution < 1.29 is 14.3 Å². The molecule has 0 heterocycles. The van der Waals surface area contributed by atoms with Crippen LogP contribution in [0.4, 0.5) is 0 Å². The smallest absolute Gasteiger partial charge is 0.338 e. The van der Waals surface area contributed by atoms with Gasteiger partial charge in [0.1, 0.15) is 0 Å². The average Bonchev–Trinajstić information content (AvgIpc) is 2.57. The standard InChI is InChI=1S/C19H19Cl2NO3/c1-12-4-5-15(13(2)8-12)10-22(3)18(23)11-25-19(24)14-6-7-16(20)17(21)9-14/h4-9H,10-11H2,1-3H3. The molecule has 0 atom stereocenters. The van der Waals surface area contributed by atoms with E-state index in [1.807, 2.05) is 26.0 Å². The Bertz CT molecular complexity index is 805. The molecule has 0 spiro atoms. The van der Waals surface area contributed by atoms with Gasteiger partial charge in [0.25, 0.3) is 5.91 Å². The summed E-state index contributed by atoms with van der Waals surface area (Å²) in [6.45, 7) is 4.15. The van der Waals surface area contributed by atoms with Crippen molar-refractivity contribution >= 4 is 35.1 Å². The maximum absolute atomic E-state index is 12.2. The molecule has 0 saturated heterocycles. The van der Waals surface area contributed by atoms with E-state index in [-0.39, 0.29) is 23.1 Å². The molecular weight excluding hydrogens is 361 g/mol. The fourth-order valence-electron chi connectivity index (χ4n) is 2.31. The molecule has 0 radical (unpaired) electrons. The second-order valence-corrected chi connectivity index (χ2v) is 6.70. The predicted octanol–water partition coefficient (Wildman–Crippen LogP) is 4.43. The summed E-state index contributed by atoms with van der Waals surface area (Å²) in [5.74, 6) is -0.903. The van der Waals surface area contributed by atoms with Gasteiger partial charge in [-0.2, -0.15) is 0 Å². The van der Waals surface area contributed by atoms with Gasteiger partial charge in [-0.1, -0.05) is 47.0 Å². The first kappa shape index (κ1) is 19.3.